The van der Waals surface area contributed by atoms with Crippen LogP contribution in [0.15, 0.2) is 34.7 Å². The standard InChI is InChI=1S/C13H14N2O4S2/c1-9-11(20-8-14-9)7-15-21(17,18)12-6-4-3-5-10(12)13(16)19-2/h3-6,8,15H,7H2,1-2H3. The lowest BCUT2D eigenvalue weighted by Gasteiger charge is -2.09. The van der Waals surface area contributed by atoms with Crippen molar-refractivity contribution < 1.29 is 17.9 Å². The summed E-state index contributed by atoms with van der Waals surface area (Å²) in [7, 11) is -2.60. The number of ether oxygens (including phenoxy) is 1. The average Bonchev–Trinajstić information content (AvgIpc) is 2.90. The fraction of sp³-hybridized carbons (Fsp3) is 0.231. The number of aryl methyl sites for hydroxylation is 1. The molecule has 1 aromatic heterocycles. The zero-order valence-electron chi connectivity index (χ0n) is 11.5. The molecular formula is C13H14N2O4S2. The lowest BCUT2D eigenvalue weighted by Crippen LogP contribution is -2.25. The summed E-state index contributed by atoms with van der Waals surface area (Å²) in [4.78, 5) is 16.4. The summed E-state index contributed by atoms with van der Waals surface area (Å²) in [5, 5.41) is 0. The molecule has 21 heavy (non-hydrogen) atoms. The topological polar surface area (TPSA) is 85.4 Å². The van der Waals surface area contributed by atoms with Crippen molar-refractivity contribution in [1.29, 1.82) is 0 Å². The Balaban J connectivity index is 2.28. The van der Waals surface area contributed by atoms with Gasteiger partial charge in [0.15, 0.2) is 0 Å². The average molecular weight is 326 g/mol. The number of benzene rings is 1. The second kappa shape index (κ2) is 6.33. The van der Waals surface area contributed by atoms with E-state index in [0.29, 0.717) is 0 Å². The van der Waals surface area contributed by atoms with Gasteiger partial charge in [-0.25, -0.2) is 22.9 Å². The van der Waals surface area contributed by atoms with Crippen LogP contribution < -0.4 is 4.72 Å². The van der Waals surface area contributed by atoms with Crippen molar-refractivity contribution in [2.75, 3.05) is 7.11 Å². The van der Waals surface area contributed by atoms with Gasteiger partial charge in [0.2, 0.25) is 10.0 Å². The number of carbonyl (C=O) groups is 1. The van der Waals surface area contributed by atoms with Crippen LogP contribution in [0.2, 0.25) is 0 Å². The molecule has 0 saturated heterocycles. The normalized spacial score (nSPS) is 11.3. The number of esters is 1. The van der Waals surface area contributed by atoms with Crippen LogP contribution >= 0.6 is 11.3 Å². The Morgan fingerprint density at radius 2 is 2.10 bits per heavy atom. The lowest BCUT2D eigenvalue weighted by molar-refractivity contribution is 0.0596. The Bertz CT molecular complexity index is 753. The van der Waals surface area contributed by atoms with E-state index in [9.17, 15) is 13.2 Å². The second-order valence-electron chi connectivity index (χ2n) is 4.17. The lowest BCUT2D eigenvalue weighted by atomic mass is 10.2. The number of carbonyl (C=O) groups excluding carboxylic acids is 1. The van der Waals surface area contributed by atoms with E-state index in [-0.39, 0.29) is 17.0 Å². The highest BCUT2D eigenvalue weighted by Gasteiger charge is 2.22. The van der Waals surface area contributed by atoms with Crippen LogP contribution in [0.25, 0.3) is 0 Å². The van der Waals surface area contributed by atoms with E-state index in [2.05, 4.69) is 14.4 Å². The zero-order chi connectivity index (χ0) is 15.5. The zero-order valence-corrected chi connectivity index (χ0v) is 13.1. The predicted molar refractivity (Wildman–Crippen MR) is 78.7 cm³/mol. The molecule has 2 aromatic rings. The van der Waals surface area contributed by atoms with Crippen molar-refractivity contribution in [1.82, 2.24) is 9.71 Å². The largest absolute Gasteiger partial charge is 0.465 e. The summed E-state index contributed by atoms with van der Waals surface area (Å²) >= 11 is 1.37. The molecule has 1 N–H and O–H groups in total. The third kappa shape index (κ3) is 3.46. The van der Waals surface area contributed by atoms with Gasteiger partial charge < -0.3 is 4.74 Å². The van der Waals surface area contributed by atoms with Gasteiger partial charge in [-0.15, -0.1) is 11.3 Å². The van der Waals surface area contributed by atoms with Gasteiger partial charge in [-0.1, -0.05) is 12.1 Å². The number of nitrogens with zero attached hydrogens (tertiary/aromatic N) is 1. The molecule has 112 valence electrons. The highest BCUT2D eigenvalue weighted by atomic mass is 32.2. The summed E-state index contributed by atoms with van der Waals surface area (Å²) in [6, 6.07) is 5.92. The number of nitrogens with one attached hydrogen (secondary N) is 1. The van der Waals surface area contributed by atoms with Crippen LogP contribution in [0, 0.1) is 6.92 Å². The Hall–Kier alpha value is -1.77. The molecule has 2 rings (SSSR count). The Morgan fingerprint density at radius 1 is 1.38 bits per heavy atom. The van der Waals surface area contributed by atoms with E-state index in [0.717, 1.165) is 10.6 Å². The van der Waals surface area contributed by atoms with Gasteiger partial charge in [-0.05, 0) is 19.1 Å². The molecule has 0 bridgehead atoms. The molecule has 0 saturated carbocycles. The summed E-state index contributed by atoms with van der Waals surface area (Å²) in [6.07, 6.45) is 0. The first-order chi connectivity index (χ1) is 9.95. The molecule has 0 spiro atoms. The van der Waals surface area contributed by atoms with Crippen molar-refractivity contribution in [3.8, 4) is 0 Å². The number of aromatic nitrogens is 1. The summed E-state index contributed by atoms with van der Waals surface area (Å²) < 4.78 is 31.8. The minimum absolute atomic E-state index is 0.00789. The van der Waals surface area contributed by atoms with E-state index < -0.39 is 16.0 Å². The fourth-order valence-electron chi connectivity index (χ4n) is 1.71. The van der Waals surface area contributed by atoms with Crippen LogP contribution in [0.1, 0.15) is 20.9 Å². The third-order valence-corrected chi connectivity index (χ3v) is 5.24. The monoisotopic (exact) mass is 326 g/mol. The van der Waals surface area contributed by atoms with E-state index in [1.165, 1.54) is 30.6 Å². The van der Waals surface area contributed by atoms with Crippen LogP contribution in [0.3, 0.4) is 0 Å². The number of rotatable bonds is 5. The van der Waals surface area contributed by atoms with Crippen molar-refractivity contribution in [2.24, 2.45) is 0 Å². The molecule has 0 atom stereocenters. The quantitative estimate of drug-likeness (QED) is 0.846. The smallest absolute Gasteiger partial charge is 0.339 e. The molecule has 0 aliphatic rings. The molecule has 0 amide bonds. The SMILES string of the molecule is COC(=O)c1ccccc1S(=O)(=O)NCc1scnc1C. The fourth-order valence-corrected chi connectivity index (χ4v) is 3.71. The van der Waals surface area contributed by atoms with E-state index in [1.807, 2.05) is 6.92 Å². The molecule has 8 heteroatoms. The molecule has 6 nitrogen and oxygen atoms in total. The molecular weight excluding hydrogens is 312 g/mol. The third-order valence-electron chi connectivity index (χ3n) is 2.85. The van der Waals surface area contributed by atoms with Crippen LogP contribution in [0.4, 0.5) is 0 Å². The Labute approximate surface area is 126 Å². The summed E-state index contributed by atoms with van der Waals surface area (Å²) in [5.41, 5.74) is 2.44. The van der Waals surface area contributed by atoms with Crippen molar-refractivity contribution in [2.45, 2.75) is 18.4 Å². The first-order valence-electron chi connectivity index (χ1n) is 6.01. The van der Waals surface area contributed by atoms with Crippen molar-refractivity contribution in [3.63, 3.8) is 0 Å². The van der Waals surface area contributed by atoms with Gasteiger partial charge >= 0.3 is 5.97 Å². The van der Waals surface area contributed by atoms with E-state index in [1.54, 1.807) is 17.6 Å². The maximum Gasteiger partial charge on any atom is 0.339 e. The highest BCUT2D eigenvalue weighted by Crippen LogP contribution is 2.18. The van der Waals surface area contributed by atoms with E-state index in [4.69, 9.17) is 0 Å². The van der Waals surface area contributed by atoms with Gasteiger partial charge in [0, 0.05) is 11.4 Å². The molecule has 1 aromatic carbocycles. The molecule has 0 unspecified atom stereocenters. The number of sulfonamides is 1. The number of hydrogen-bond acceptors (Lipinski definition) is 6. The number of thiazole rings is 1. The molecule has 1 heterocycles. The number of hydrogen-bond donors (Lipinski definition) is 1. The van der Waals surface area contributed by atoms with Crippen LogP contribution in [-0.4, -0.2) is 26.5 Å². The molecule has 0 radical (unpaired) electrons. The van der Waals surface area contributed by atoms with Gasteiger partial charge in [0.05, 0.1) is 28.8 Å². The van der Waals surface area contributed by atoms with Gasteiger partial charge in [-0.3, -0.25) is 0 Å². The second-order valence-corrected chi connectivity index (χ2v) is 6.85. The van der Waals surface area contributed by atoms with Crippen LogP contribution in [0.5, 0.6) is 0 Å². The molecule has 0 aliphatic carbocycles. The first-order valence-corrected chi connectivity index (χ1v) is 8.38. The van der Waals surface area contributed by atoms with Gasteiger partial charge in [0.25, 0.3) is 0 Å². The molecule has 0 aliphatic heterocycles. The van der Waals surface area contributed by atoms with E-state index >= 15 is 0 Å². The highest BCUT2D eigenvalue weighted by molar-refractivity contribution is 7.89. The Morgan fingerprint density at radius 3 is 2.71 bits per heavy atom. The minimum Gasteiger partial charge on any atom is -0.465 e. The molecule has 0 fully saturated rings. The summed E-state index contributed by atoms with van der Waals surface area (Å²) in [6.45, 7) is 1.94. The maximum absolute atomic E-state index is 12.3. The van der Waals surface area contributed by atoms with Crippen molar-refractivity contribution in [3.05, 3.63) is 45.9 Å². The van der Waals surface area contributed by atoms with Gasteiger partial charge in [0.1, 0.15) is 0 Å². The Kier molecular flexibility index (Phi) is 4.71. The minimum atomic E-state index is -3.81. The van der Waals surface area contributed by atoms with Crippen LogP contribution in [-0.2, 0) is 21.3 Å². The summed E-state index contributed by atoms with van der Waals surface area (Å²) in [5.74, 6) is -0.690. The van der Waals surface area contributed by atoms with Gasteiger partial charge in [-0.2, -0.15) is 0 Å². The van der Waals surface area contributed by atoms with Crippen molar-refractivity contribution >= 4 is 27.3 Å². The number of methoxy groups -OCH3 is 1. The first kappa shape index (κ1) is 15.6. The predicted octanol–water partition coefficient (Wildman–Crippen LogP) is 1.72. The maximum atomic E-state index is 12.3.